The van der Waals surface area contributed by atoms with E-state index in [1.54, 1.807) is 0 Å². The Hall–Kier alpha value is -0.0800. The van der Waals surface area contributed by atoms with Crippen LogP contribution in [0.1, 0.15) is 72.6 Å². The molecule has 0 aromatic carbocycles. The van der Waals surface area contributed by atoms with Gasteiger partial charge in [0.1, 0.15) is 0 Å². The molecule has 0 spiro atoms. The first-order chi connectivity index (χ1) is 8.69. The van der Waals surface area contributed by atoms with Gasteiger partial charge in [-0.05, 0) is 32.2 Å². The van der Waals surface area contributed by atoms with Gasteiger partial charge in [0.05, 0.1) is 0 Å². The first kappa shape index (κ1) is 16.0. The van der Waals surface area contributed by atoms with Crippen LogP contribution in [-0.2, 0) is 0 Å². The lowest BCUT2D eigenvalue weighted by Gasteiger charge is -2.37. The Labute approximate surface area is 115 Å². The molecule has 18 heavy (non-hydrogen) atoms. The summed E-state index contributed by atoms with van der Waals surface area (Å²) < 4.78 is 0. The Bertz CT molecular complexity index is 203. The van der Waals surface area contributed by atoms with Gasteiger partial charge in [-0.3, -0.25) is 4.90 Å². The summed E-state index contributed by atoms with van der Waals surface area (Å²) in [6.07, 6.45) is 9.65. The van der Waals surface area contributed by atoms with Gasteiger partial charge in [0, 0.05) is 24.7 Å². The van der Waals surface area contributed by atoms with Gasteiger partial charge in [-0.15, -0.1) is 0 Å². The van der Waals surface area contributed by atoms with Crippen LogP contribution in [0.25, 0.3) is 0 Å². The van der Waals surface area contributed by atoms with E-state index in [0.29, 0.717) is 6.04 Å². The van der Waals surface area contributed by atoms with Crippen molar-refractivity contribution in [3.8, 4) is 0 Å². The molecule has 2 heteroatoms. The molecule has 1 aliphatic rings. The molecule has 2 atom stereocenters. The van der Waals surface area contributed by atoms with E-state index in [1.165, 1.54) is 58.0 Å². The van der Waals surface area contributed by atoms with Crippen molar-refractivity contribution < 1.29 is 0 Å². The summed E-state index contributed by atoms with van der Waals surface area (Å²) >= 11 is 0. The third-order valence-corrected chi connectivity index (χ3v) is 4.25. The quantitative estimate of drug-likeness (QED) is 0.743. The SMILES string of the molecule is CCCC(CNC(C)C)N1CCCCCC1CC. The van der Waals surface area contributed by atoms with E-state index >= 15 is 0 Å². The maximum Gasteiger partial charge on any atom is 0.0223 e. The second kappa shape index (κ2) is 8.92. The van der Waals surface area contributed by atoms with Gasteiger partial charge in [-0.25, -0.2) is 0 Å². The number of rotatable bonds is 7. The molecule has 0 bridgehead atoms. The van der Waals surface area contributed by atoms with E-state index in [9.17, 15) is 0 Å². The molecule has 1 fully saturated rings. The third-order valence-electron chi connectivity index (χ3n) is 4.25. The van der Waals surface area contributed by atoms with Crippen molar-refractivity contribution in [2.45, 2.75) is 90.8 Å². The minimum atomic E-state index is 0.608. The van der Waals surface area contributed by atoms with E-state index in [-0.39, 0.29) is 0 Å². The first-order valence-electron chi connectivity index (χ1n) is 8.18. The molecule has 1 N–H and O–H groups in total. The van der Waals surface area contributed by atoms with Crippen LogP contribution >= 0.6 is 0 Å². The smallest absolute Gasteiger partial charge is 0.0223 e. The summed E-state index contributed by atoms with van der Waals surface area (Å²) in [5.74, 6) is 0. The monoisotopic (exact) mass is 254 g/mol. The van der Waals surface area contributed by atoms with Crippen LogP contribution < -0.4 is 5.32 Å². The number of nitrogens with zero attached hydrogens (tertiary/aromatic N) is 1. The summed E-state index contributed by atoms with van der Waals surface area (Å²) in [7, 11) is 0. The molecule has 1 aliphatic heterocycles. The molecule has 0 aromatic rings. The normalized spacial score (nSPS) is 24.2. The van der Waals surface area contributed by atoms with Crippen LogP contribution in [-0.4, -0.2) is 36.1 Å². The van der Waals surface area contributed by atoms with Crippen molar-refractivity contribution in [3.63, 3.8) is 0 Å². The van der Waals surface area contributed by atoms with Crippen LogP contribution in [0.4, 0.5) is 0 Å². The van der Waals surface area contributed by atoms with Gasteiger partial charge in [-0.1, -0.05) is 47.0 Å². The third kappa shape index (κ3) is 5.27. The Morgan fingerprint density at radius 3 is 2.56 bits per heavy atom. The molecule has 108 valence electrons. The highest BCUT2D eigenvalue weighted by atomic mass is 15.2. The molecule has 2 nitrogen and oxygen atoms in total. The average molecular weight is 254 g/mol. The van der Waals surface area contributed by atoms with Crippen LogP contribution in [0.2, 0.25) is 0 Å². The van der Waals surface area contributed by atoms with E-state index in [4.69, 9.17) is 0 Å². The standard InChI is InChI=1S/C16H34N2/c1-5-10-16(13-17-14(3)4)18-12-9-7-8-11-15(18)6-2/h14-17H,5-13H2,1-4H3. The Kier molecular flexibility index (Phi) is 7.92. The lowest BCUT2D eigenvalue weighted by atomic mass is 10.0. The van der Waals surface area contributed by atoms with Crippen LogP contribution in [0.15, 0.2) is 0 Å². The fourth-order valence-corrected chi connectivity index (χ4v) is 3.21. The van der Waals surface area contributed by atoms with Crippen molar-refractivity contribution in [2.75, 3.05) is 13.1 Å². The zero-order valence-corrected chi connectivity index (χ0v) is 13.0. The van der Waals surface area contributed by atoms with Crippen molar-refractivity contribution in [1.82, 2.24) is 10.2 Å². The topological polar surface area (TPSA) is 15.3 Å². The summed E-state index contributed by atoms with van der Waals surface area (Å²) in [4.78, 5) is 2.83. The van der Waals surface area contributed by atoms with Gasteiger partial charge < -0.3 is 5.32 Å². The minimum absolute atomic E-state index is 0.608. The van der Waals surface area contributed by atoms with Crippen LogP contribution in [0.3, 0.4) is 0 Å². The molecular formula is C16H34N2. The maximum absolute atomic E-state index is 3.65. The van der Waals surface area contributed by atoms with Gasteiger partial charge in [0.25, 0.3) is 0 Å². The summed E-state index contributed by atoms with van der Waals surface area (Å²) in [6.45, 7) is 11.7. The van der Waals surface area contributed by atoms with Crippen molar-refractivity contribution >= 4 is 0 Å². The average Bonchev–Trinajstić information content (AvgIpc) is 2.59. The second-order valence-electron chi connectivity index (χ2n) is 6.15. The molecule has 0 aromatic heterocycles. The Balaban J connectivity index is 2.60. The van der Waals surface area contributed by atoms with E-state index in [0.717, 1.165) is 12.1 Å². The lowest BCUT2D eigenvalue weighted by molar-refractivity contribution is 0.121. The van der Waals surface area contributed by atoms with Gasteiger partial charge in [0.15, 0.2) is 0 Å². The molecule has 2 unspecified atom stereocenters. The minimum Gasteiger partial charge on any atom is -0.313 e. The van der Waals surface area contributed by atoms with E-state index < -0.39 is 0 Å². The highest BCUT2D eigenvalue weighted by molar-refractivity contribution is 4.82. The van der Waals surface area contributed by atoms with Crippen molar-refractivity contribution in [2.24, 2.45) is 0 Å². The number of hydrogen-bond donors (Lipinski definition) is 1. The van der Waals surface area contributed by atoms with Crippen LogP contribution in [0, 0.1) is 0 Å². The molecule has 1 saturated heterocycles. The predicted molar refractivity (Wildman–Crippen MR) is 81.1 cm³/mol. The Morgan fingerprint density at radius 1 is 1.17 bits per heavy atom. The fraction of sp³-hybridized carbons (Fsp3) is 1.00. The molecule has 0 radical (unpaired) electrons. The lowest BCUT2D eigenvalue weighted by Crippen LogP contribution is -2.48. The maximum atomic E-state index is 3.65. The van der Waals surface area contributed by atoms with Crippen molar-refractivity contribution in [3.05, 3.63) is 0 Å². The first-order valence-corrected chi connectivity index (χ1v) is 8.18. The molecule has 0 saturated carbocycles. The molecule has 0 amide bonds. The summed E-state index contributed by atoms with van der Waals surface area (Å²) in [5.41, 5.74) is 0. The zero-order chi connectivity index (χ0) is 13.4. The van der Waals surface area contributed by atoms with Gasteiger partial charge >= 0.3 is 0 Å². The molecular weight excluding hydrogens is 220 g/mol. The zero-order valence-electron chi connectivity index (χ0n) is 13.0. The van der Waals surface area contributed by atoms with E-state index in [1.807, 2.05) is 0 Å². The molecule has 1 rings (SSSR count). The highest BCUT2D eigenvalue weighted by Gasteiger charge is 2.25. The fourth-order valence-electron chi connectivity index (χ4n) is 3.21. The molecule has 0 aliphatic carbocycles. The van der Waals surface area contributed by atoms with Gasteiger partial charge in [0.2, 0.25) is 0 Å². The number of hydrogen-bond acceptors (Lipinski definition) is 2. The Morgan fingerprint density at radius 2 is 1.94 bits per heavy atom. The number of likely N-dealkylation sites (tertiary alicyclic amines) is 1. The summed E-state index contributed by atoms with van der Waals surface area (Å²) in [5, 5.41) is 3.65. The second-order valence-corrected chi connectivity index (χ2v) is 6.15. The van der Waals surface area contributed by atoms with Crippen molar-refractivity contribution in [1.29, 1.82) is 0 Å². The van der Waals surface area contributed by atoms with E-state index in [2.05, 4.69) is 37.9 Å². The van der Waals surface area contributed by atoms with Gasteiger partial charge in [-0.2, -0.15) is 0 Å². The largest absolute Gasteiger partial charge is 0.313 e. The van der Waals surface area contributed by atoms with Crippen LogP contribution in [0.5, 0.6) is 0 Å². The molecule has 1 heterocycles. The summed E-state index contributed by atoms with van der Waals surface area (Å²) in [6, 6.07) is 2.19. The predicted octanol–water partition coefficient (Wildman–Crippen LogP) is 3.81. The highest BCUT2D eigenvalue weighted by Crippen LogP contribution is 2.23. The number of nitrogens with one attached hydrogen (secondary N) is 1.